The maximum atomic E-state index is 11.6. The number of amides is 3. The molecule has 1 aromatic heterocycles. The lowest BCUT2D eigenvalue weighted by Gasteiger charge is -2.09. The topological polar surface area (TPSA) is 95.2 Å². The predicted octanol–water partition coefficient (Wildman–Crippen LogP) is 3.07. The van der Waals surface area contributed by atoms with Crippen molar-refractivity contribution in [2.45, 2.75) is 25.8 Å². The van der Waals surface area contributed by atoms with Gasteiger partial charge in [0.15, 0.2) is 0 Å². The second kappa shape index (κ2) is 6.99. The molecule has 1 heterocycles. The number of aromatic nitrogens is 1. The molecule has 0 bridgehead atoms. The first-order valence-electron chi connectivity index (χ1n) is 7.77. The van der Waals surface area contributed by atoms with Crippen LogP contribution in [0.2, 0.25) is 0 Å². The summed E-state index contributed by atoms with van der Waals surface area (Å²) in [5, 5.41) is 11.5. The molecule has 0 unspecified atom stereocenters. The minimum absolute atomic E-state index is 0.103. The quantitative estimate of drug-likeness (QED) is 0.679. The number of anilines is 4. The van der Waals surface area contributed by atoms with E-state index in [0.717, 1.165) is 29.9 Å². The molecule has 7 heteroatoms. The second-order valence-electron chi connectivity index (χ2n) is 5.69. The van der Waals surface area contributed by atoms with Gasteiger partial charge in [-0.15, -0.1) is 0 Å². The van der Waals surface area contributed by atoms with Gasteiger partial charge in [0, 0.05) is 24.3 Å². The summed E-state index contributed by atoms with van der Waals surface area (Å²) in [4.78, 5) is 26.8. The van der Waals surface area contributed by atoms with Crippen molar-refractivity contribution < 1.29 is 9.59 Å². The van der Waals surface area contributed by atoms with Gasteiger partial charge in [0.05, 0.1) is 11.9 Å². The van der Waals surface area contributed by atoms with E-state index in [1.165, 1.54) is 6.92 Å². The number of hydrogen-bond acceptors (Lipinski definition) is 4. The average molecular weight is 325 g/mol. The van der Waals surface area contributed by atoms with Gasteiger partial charge >= 0.3 is 6.03 Å². The van der Waals surface area contributed by atoms with E-state index in [4.69, 9.17) is 0 Å². The van der Waals surface area contributed by atoms with Crippen molar-refractivity contribution in [3.63, 3.8) is 0 Å². The number of rotatable bonds is 5. The fourth-order valence-electron chi connectivity index (χ4n) is 2.11. The Balaban J connectivity index is 1.55. The van der Waals surface area contributed by atoms with Crippen LogP contribution >= 0.6 is 0 Å². The minimum atomic E-state index is -0.223. The Morgan fingerprint density at radius 1 is 0.958 bits per heavy atom. The highest BCUT2D eigenvalue weighted by Crippen LogP contribution is 2.20. The smallest absolute Gasteiger partial charge is 0.320 e. The van der Waals surface area contributed by atoms with Crippen molar-refractivity contribution in [2.75, 3.05) is 16.0 Å². The lowest BCUT2D eigenvalue weighted by atomic mass is 10.2. The minimum Gasteiger partial charge on any atom is -0.354 e. The number of pyridine rings is 1. The van der Waals surface area contributed by atoms with E-state index in [0.29, 0.717) is 11.9 Å². The molecule has 124 valence electrons. The Morgan fingerprint density at radius 3 is 2.21 bits per heavy atom. The van der Waals surface area contributed by atoms with Crippen LogP contribution in [0.5, 0.6) is 0 Å². The number of hydrogen-bond donors (Lipinski definition) is 4. The van der Waals surface area contributed by atoms with Crippen molar-refractivity contribution >= 4 is 34.8 Å². The van der Waals surface area contributed by atoms with Gasteiger partial charge in [-0.25, -0.2) is 9.78 Å². The number of nitrogens with zero attached hydrogens (tertiary/aromatic N) is 1. The van der Waals surface area contributed by atoms with E-state index in [1.54, 1.807) is 12.3 Å². The zero-order valence-corrected chi connectivity index (χ0v) is 13.3. The van der Waals surface area contributed by atoms with Crippen molar-refractivity contribution in [1.82, 2.24) is 10.3 Å². The summed E-state index contributed by atoms with van der Waals surface area (Å²) in [5.74, 6) is 0.397. The summed E-state index contributed by atoms with van der Waals surface area (Å²) in [7, 11) is 0. The molecule has 0 atom stereocenters. The molecule has 0 radical (unpaired) electrons. The average Bonchev–Trinajstić information content (AvgIpc) is 3.34. The first kappa shape index (κ1) is 15.8. The lowest BCUT2D eigenvalue weighted by Crippen LogP contribution is -2.30. The predicted molar refractivity (Wildman–Crippen MR) is 93.4 cm³/mol. The van der Waals surface area contributed by atoms with Crippen molar-refractivity contribution in [3.05, 3.63) is 42.6 Å². The lowest BCUT2D eigenvalue weighted by molar-refractivity contribution is -0.114. The zero-order chi connectivity index (χ0) is 16.9. The first-order chi connectivity index (χ1) is 11.6. The van der Waals surface area contributed by atoms with Crippen LogP contribution in [-0.2, 0) is 4.79 Å². The molecule has 1 aliphatic rings. The summed E-state index contributed by atoms with van der Waals surface area (Å²) >= 11 is 0. The summed E-state index contributed by atoms with van der Waals surface area (Å²) in [5.41, 5.74) is 2.42. The molecule has 2 aromatic rings. The molecule has 24 heavy (non-hydrogen) atoms. The van der Waals surface area contributed by atoms with Crippen LogP contribution in [0, 0.1) is 0 Å². The molecule has 1 aromatic carbocycles. The number of benzene rings is 1. The summed E-state index contributed by atoms with van der Waals surface area (Å²) in [6.07, 6.45) is 3.74. The molecule has 0 saturated heterocycles. The Bertz CT molecular complexity index is 724. The van der Waals surface area contributed by atoms with Crippen LogP contribution < -0.4 is 21.3 Å². The molecule has 4 N–H and O–H groups in total. The van der Waals surface area contributed by atoms with Gasteiger partial charge in [0.1, 0.15) is 5.82 Å². The molecule has 7 nitrogen and oxygen atoms in total. The van der Waals surface area contributed by atoms with Gasteiger partial charge in [-0.1, -0.05) is 0 Å². The van der Waals surface area contributed by atoms with E-state index in [-0.39, 0.29) is 11.9 Å². The molecule has 3 amide bonds. The zero-order valence-electron chi connectivity index (χ0n) is 13.3. The number of carbonyl (C=O) groups is 2. The van der Waals surface area contributed by atoms with Gasteiger partial charge in [-0.2, -0.15) is 0 Å². The highest BCUT2D eigenvalue weighted by molar-refractivity contribution is 5.89. The number of urea groups is 1. The Labute approximate surface area is 139 Å². The van der Waals surface area contributed by atoms with Gasteiger partial charge in [0.25, 0.3) is 0 Å². The van der Waals surface area contributed by atoms with Gasteiger partial charge in [-0.3, -0.25) is 10.1 Å². The van der Waals surface area contributed by atoms with Crippen molar-refractivity contribution in [2.24, 2.45) is 0 Å². The van der Waals surface area contributed by atoms with Crippen LogP contribution in [0.15, 0.2) is 42.6 Å². The molecular weight excluding hydrogens is 306 g/mol. The van der Waals surface area contributed by atoms with Crippen molar-refractivity contribution in [3.8, 4) is 0 Å². The summed E-state index contributed by atoms with van der Waals surface area (Å²) in [6.45, 7) is 1.47. The summed E-state index contributed by atoms with van der Waals surface area (Å²) in [6, 6.07) is 11.0. The Kier molecular flexibility index (Phi) is 4.60. The van der Waals surface area contributed by atoms with Crippen LogP contribution in [0.4, 0.5) is 27.7 Å². The number of carbonyl (C=O) groups excluding carboxylic acids is 2. The van der Waals surface area contributed by atoms with Crippen LogP contribution in [0.1, 0.15) is 19.8 Å². The van der Waals surface area contributed by atoms with Crippen molar-refractivity contribution in [1.29, 1.82) is 0 Å². The maximum absolute atomic E-state index is 11.6. The monoisotopic (exact) mass is 325 g/mol. The van der Waals surface area contributed by atoms with Crippen LogP contribution in [0.25, 0.3) is 0 Å². The van der Waals surface area contributed by atoms with E-state index in [2.05, 4.69) is 26.3 Å². The first-order valence-corrected chi connectivity index (χ1v) is 7.77. The maximum Gasteiger partial charge on any atom is 0.320 e. The molecular formula is C17H19N5O2. The molecule has 1 fully saturated rings. The molecule has 1 saturated carbocycles. The highest BCUT2D eigenvalue weighted by Gasteiger charge is 2.23. The normalized spacial score (nSPS) is 13.0. The third kappa shape index (κ3) is 4.70. The fraction of sp³-hybridized carbons (Fsp3) is 0.235. The standard InChI is InChI=1S/C17H19N5O2/c1-11(23)19-12-2-4-13(5-3-12)20-15-8-9-16(18-10-15)22-17(24)21-14-6-7-14/h2-5,8-10,14,20H,6-7H2,1H3,(H,19,23)(H2,18,21,22,24). The highest BCUT2D eigenvalue weighted by atomic mass is 16.2. The molecule has 3 rings (SSSR count). The van der Waals surface area contributed by atoms with E-state index in [1.807, 2.05) is 30.3 Å². The van der Waals surface area contributed by atoms with Gasteiger partial charge in [-0.05, 0) is 49.2 Å². The second-order valence-corrected chi connectivity index (χ2v) is 5.69. The van der Waals surface area contributed by atoms with E-state index in [9.17, 15) is 9.59 Å². The summed E-state index contributed by atoms with van der Waals surface area (Å²) < 4.78 is 0. The molecule has 0 aliphatic heterocycles. The molecule has 1 aliphatic carbocycles. The largest absolute Gasteiger partial charge is 0.354 e. The number of nitrogens with one attached hydrogen (secondary N) is 4. The third-order valence-electron chi connectivity index (χ3n) is 3.41. The van der Waals surface area contributed by atoms with Crippen LogP contribution in [-0.4, -0.2) is 23.0 Å². The van der Waals surface area contributed by atoms with Crippen LogP contribution in [0.3, 0.4) is 0 Å². The van der Waals surface area contributed by atoms with Gasteiger partial charge in [0.2, 0.25) is 5.91 Å². The van der Waals surface area contributed by atoms with Gasteiger partial charge < -0.3 is 16.0 Å². The fourth-order valence-corrected chi connectivity index (χ4v) is 2.11. The van der Waals surface area contributed by atoms with E-state index < -0.39 is 0 Å². The Morgan fingerprint density at radius 2 is 1.62 bits per heavy atom. The third-order valence-corrected chi connectivity index (χ3v) is 3.41. The van der Waals surface area contributed by atoms with E-state index >= 15 is 0 Å². The Hall–Kier alpha value is -3.09. The molecule has 0 spiro atoms. The SMILES string of the molecule is CC(=O)Nc1ccc(Nc2ccc(NC(=O)NC3CC3)nc2)cc1.